The van der Waals surface area contributed by atoms with Gasteiger partial charge in [0.15, 0.2) is 0 Å². The number of carbonyl (C=O) groups is 2. The summed E-state index contributed by atoms with van der Waals surface area (Å²) in [6.45, 7) is 3.55. The van der Waals surface area contributed by atoms with Gasteiger partial charge in [-0.05, 0) is 30.5 Å². The Labute approximate surface area is 148 Å². The van der Waals surface area contributed by atoms with E-state index in [-0.39, 0.29) is 18.0 Å². The Hall–Kier alpha value is -3.02. The van der Waals surface area contributed by atoms with Crippen LogP contribution in [0.1, 0.15) is 25.8 Å². The number of anilines is 1. The van der Waals surface area contributed by atoms with Crippen molar-refractivity contribution in [1.82, 2.24) is 5.32 Å². The van der Waals surface area contributed by atoms with Crippen LogP contribution >= 0.6 is 0 Å². The molecule has 0 saturated carbocycles. The normalized spacial score (nSPS) is 13.0. The predicted octanol–water partition coefficient (Wildman–Crippen LogP) is 3.14. The molecule has 1 rings (SSSR count). The lowest BCUT2D eigenvalue weighted by molar-refractivity contribution is -0.141. The Kier molecular flexibility index (Phi) is 7.19. The summed E-state index contributed by atoms with van der Waals surface area (Å²) in [5.41, 5.74) is -1.32. The van der Waals surface area contributed by atoms with Gasteiger partial charge in [0.1, 0.15) is 17.7 Å². The lowest BCUT2D eigenvalue weighted by Crippen LogP contribution is -2.42. The third-order valence-corrected chi connectivity index (χ3v) is 3.25. The molecular formula is C17H18F3N3O3. The number of amides is 1. The molecule has 0 bridgehead atoms. The van der Waals surface area contributed by atoms with Gasteiger partial charge in [-0.25, -0.2) is 4.79 Å². The molecule has 0 radical (unpaired) electrons. The maximum Gasteiger partial charge on any atom is 0.416 e. The minimum absolute atomic E-state index is 0.00542. The van der Waals surface area contributed by atoms with Gasteiger partial charge in [-0.3, -0.25) is 4.79 Å². The molecule has 0 saturated heterocycles. The Balaban J connectivity index is 2.89. The molecule has 1 aromatic carbocycles. The van der Waals surface area contributed by atoms with E-state index in [4.69, 9.17) is 10.4 Å². The van der Waals surface area contributed by atoms with Crippen LogP contribution in [0.15, 0.2) is 36.0 Å². The summed E-state index contributed by atoms with van der Waals surface area (Å²) in [5.74, 6) is -2.18. The van der Waals surface area contributed by atoms with E-state index < -0.39 is 35.2 Å². The summed E-state index contributed by atoms with van der Waals surface area (Å²) >= 11 is 0. The highest BCUT2D eigenvalue weighted by Gasteiger charge is 2.30. The van der Waals surface area contributed by atoms with Crippen LogP contribution in [0.5, 0.6) is 0 Å². The number of nitrogens with one attached hydrogen (secondary N) is 2. The molecule has 0 heterocycles. The summed E-state index contributed by atoms with van der Waals surface area (Å²) in [6, 6.07) is 4.62. The fraction of sp³-hybridized carbons (Fsp3) is 0.353. The van der Waals surface area contributed by atoms with E-state index in [2.05, 4.69) is 10.6 Å². The highest BCUT2D eigenvalue weighted by atomic mass is 19.4. The molecule has 0 aliphatic rings. The number of rotatable bonds is 7. The van der Waals surface area contributed by atoms with Gasteiger partial charge in [-0.2, -0.15) is 18.4 Å². The van der Waals surface area contributed by atoms with E-state index in [0.717, 1.165) is 18.3 Å². The number of nitriles is 1. The second kappa shape index (κ2) is 8.89. The van der Waals surface area contributed by atoms with E-state index in [9.17, 15) is 22.8 Å². The minimum Gasteiger partial charge on any atom is -0.480 e. The van der Waals surface area contributed by atoms with Crippen molar-refractivity contribution >= 4 is 17.6 Å². The first-order chi connectivity index (χ1) is 12.0. The third kappa shape index (κ3) is 6.47. The lowest BCUT2D eigenvalue weighted by Gasteiger charge is -2.16. The zero-order chi connectivity index (χ0) is 19.9. The zero-order valence-corrected chi connectivity index (χ0v) is 14.1. The number of benzene rings is 1. The number of nitrogens with zero attached hydrogens (tertiary/aromatic N) is 1. The molecule has 0 aliphatic carbocycles. The van der Waals surface area contributed by atoms with Gasteiger partial charge in [0.05, 0.1) is 5.56 Å². The van der Waals surface area contributed by atoms with Gasteiger partial charge in [-0.15, -0.1) is 0 Å². The number of hydrogen-bond donors (Lipinski definition) is 3. The molecule has 1 unspecified atom stereocenters. The van der Waals surface area contributed by atoms with E-state index >= 15 is 0 Å². The molecule has 0 spiro atoms. The van der Waals surface area contributed by atoms with E-state index in [1.165, 1.54) is 12.1 Å². The zero-order valence-electron chi connectivity index (χ0n) is 14.1. The average molecular weight is 369 g/mol. The van der Waals surface area contributed by atoms with Crippen molar-refractivity contribution in [2.75, 3.05) is 5.32 Å². The van der Waals surface area contributed by atoms with Gasteiger partial charge >= 0.3 is 12.1 Å². The van der Waals surface area contributed by atoms with E-state index in [0.29, 0.717) is 0 Å². The molecule has 6 nitrogen and oxygen atoms in total. The highest BCUT2D eigenvalue weighted by molar-refractivity contribution is 5.99. The van der Waals surface area contributed by atoms with Crippen molar-refractivity contribution in [1.29, 1.82) is 5.26 Å². The van der Waals surface area contributed by atoms with Gasteiger partial charge in [-0.1, -0.05) is 19.9 Å². The van der Waals surface area contributed by atoms with Crippen LogP contribution in [0, 0.1) is 17.2 Å². The van der Waals surface area contributed by atoms with E-state index in [1.807, 2.05) is 0 Å². The van der Waals surface area contributed by atoms with Gasteiger partial charge in [0.2, 0.25) is 0 Å². The number of aliphatic carboxylic acids is 1. The van der Waals surface area contributed by atoms with Crippen LogP contribution in [0.3, 0.4) is 0 Å². The highest BCUT2D eigenvalue weighted by Crippen LogP contribution is 2.30. The number of carbonyl (C=O) groups excluding carboxylic acids is 1. The first kappa shape index (κ1) is 21.0. The van der Waals surface area contributed by atoms with Crippen LogP contribution in [0.4, 0.5) is 18.9 Å². The fourth-order valence-electron chi connectivity index (χ4n) is 2.02. The molecule has 26 heavy (non-hydrogen) atoms. The number of carboxylic acids is 1. The summed E-state index contributed by atoms with van der Waals surface area (Å²) in [7, 11) is 0. The molecule has 140 valence electrons. The second-order valence-corrected chi connectivity index (χ2v) is 5.89. The van der Waals surface area contributed by atoms with Crippen molar-refractivity contribution in [3.05, 3.63) is 41.6 Å². The lowest BCUT2D eigenvalue weighted by atomic mass is 10.0. The van der Waals surface area contributed by atoms with Crippen molar-refractivity contribution in [3.63, 3.8) is 0 Å². The Morgan fingerprint density at radius 2 is 2.00 bits per heavy atom. The minimum atomic E-state index is -4.53. The first-order valence-electron chi connectivity index (χ1n) is 7.62. The summed E-state index contributed by atoms with van der Waals surface area (Å²) < 4.78 is 38.0. The largest absolute Gasteiger partial charge is 0.480 e. The molecular weight excluding hydrogens is 351 g/mol. The summed E-state index contributed by atoms with van der Waals surface area (Å²) in [6.07, 6.45) is -3.43. The van der Waals surface area contributed by atoms with E-state index in [1.54, 1.807) is 19.9 Å². The van der Waals surface area contributed by atoms with Crippen LogP contribution in [0.25, 0.3) is 0 Å². The van der Waals surface area contributed by atoms with Crippen LogP contribution in [-0.2, 0) is 15.8 Å². The second-order valence-electron chi connectivity index (χ2n) is 5.89. The Morgan fingerprint density at radius 1 is 1.35 bits per heavy atom. The van der Waals surface area contributed by atoms with Gasteiger partial charge in [0.25, 0.3) is 5.91 Å². The SMILES string of the molecule is CC(C)CC(NC(=O)/C(C#N)=C\Nc1cccc(C(F)(F)F)c1)C(=O)O. The standard InChI is InChI=1S/C17H18F3N3O3/c1-10(2)6-14(16(25)26)23-15(24)11(8-21)9-22-13-5-3-4-12(7-13)17(18,19)20/h3-5,7,9-10,14,22H,6H2,1-2H3,(H,23,24)(H,25,26)/b11-9-. The molecule has 3 N–H and O–H groups in total. The average Bonchev–Trinajstić information content (AvgIpc) is 2.53. The topological polar surface area (TPSA) is 102 Å². The van der Waals surface area contributed by atoms with Crippen molar-refractivity contribution in [2.45, 2.75) is 32.5 Å². The van der Waals surface area contributed by atoms with Crippen LogP contribution in [0.2, 0.25) is 0 Å². The first-order valence-corrected chi connectivity index (χ1v) is 7.62. The predicted molar refractivity (Wildman–Crippen MR) is 87.8 cm³/mol. The molecule has 1 aromatic rings. The van der Waals surface area contributed by atoms with Crippen molar-refractivity contribution in [2.24, 2.45) is 5.92 Å². The molecule has 9 heteroatoms. The molecule has 0 aromatic heterocycles. The molecule has 0 fully saturated rings. The molecule has 0 aliphatic heterocycles. The smallest absolute Gasteiger partial charge is 0.416 e. The number of carboxylic acid groups (broad SMARTS) is 1. The monoisotopic (exact) mass is 369 g/mol. The maximum absolute atomic E-state index is 12.7. The number of alkyl halides is 3. The van der Waals surface area contributed by atoms with Crippen molar-refractivity contribution in [3.8, 4) is 6.07 Å². The fourth-order valence-corrected chi connectivity index (χ4v) is 2.02. The van der Waals surface area contributed by atoms with Crippen LogP contribution < -0.4 is 10.6 Å². The maximum atomic E-state index is 12.7. The third-order valence-electron chi connectivity index (χ3n) is 3.25. The quantitative estimate of drug-likeness (QED) is 0.506. The van der Waals surface area contributed by atoms with Gasteiger partial charge in [0, 0.05) is 11.9 Å². The number of hydrogen-bond acceptors (Lipinski definition) is 4. The summed E-state index contributed by atoms with van der Waals surface area (Å²) in [4.78, 5) is 23.2. The Bertz CT molecular complexity index is 737. The number of halogens is 3. The molecule has 1 amide bonds. The van der Waals surface area contributed by atoms with Gasteiger partial charge < -0.3 is 15.7 Å². The molecule has 1 atom stereocenters. The summed E-state index contributed by atoms with van der Waals surface area (Å²) in [5, 5.41) is 22.8. The van der Waals surface area contributed by atoms with Crippen molar-refractivity contribution < 1.29 is 27.9 Å². The van der Waals surface area contributed by atoms with Crippen LogP contribution in [-0.4, -0.2) is 23.0 Å². The Morgan fingerprint density at radius 3 is 2.50 bits per heavy atom.